The van der Waals surface area contributed by atoms with Crippen LogP contribution < -0.4 is 0 Å². The molecule has 0 unspecified atom stereocenters. The molecule has 0 spiro atoms. The highest BCUT2D eigenvalue weighted by molar-refractivity contribution is 5.41. The Balaban J connectivity index is 2.21. The molecule has 0 fully saturated rings. The van der Waals surface area contributed by atoms with E-state index in [1.807, 2.05) is 91.0 Å². The van der Waals surface area contributed by atoms with E-state index in [-0.39, 0.29) is 13.2 Å². The molecule has 0 saturated heterocycles. The van der Waals surface area contributed by atoms with Crippen molar-refractivity contribution in [3.63, 3.8) is 0 Å². The Morgan fingerprint density at radius 1 is 0.720 bits per heavy atom. The maximum atomic E-state index is 11.4. The van der Waals surface area contributed by atoms with Gasteiger partial charge < -0.3 is 14.9 Å². The lowest BCUT2D eigenvalue weighted by Gasteiger charge is -2.39. The first-order chi connectivity index (χ1) is 12.3. The van der Waals surface area contributed by atoms with Crippen LogP contribution in [0.15, 0.2) is 91.0 Å². The largest absolute Gasteiger partial charge is 0.394 e. The van der Waals surface area contributed by atoms with Crippen molar-refractivity contribution in [1.82, 2.24) is 0 Å². The Kier molecular flexibility index (Phi) is 5.61. The van der Waals surface area contributed by atoms with Crippen LogP contribution in [0.4, 0.5) is 0 Å². The molecule has 0 aromatic heterocycles. The summed E-state index contributed by atoms with van der Waals surface area (Å²) in [4.78, 5) is 0. The predicted molar refractivity (Wildman–Crippen MR) is 98.1 cm³/mol. The first-order valence-electron chi connectivity index (χ1n) is 8.38. The van der Waals surface area contributed by atoms with Gasteiger partial charge in [0.05, 0.1) is 13.2 Å². The lowest BCUT2D eigenvalue weighted by atomic mass is 9.78. The van der Waals surface area contributed by atoms with Gasteiger partial charge in [0.25, 0.3) is 0 Å². The number of aliphatic hydroxyl groups excluding tert-OH is 2. The number of aliphatic hydroxyl groups is 2. The SMILES string of the molecule is OCCOC(c1ccccc1)(c1ccccc1)[C@@H](O)c1ccccc1. The Morgan fingerprint density at radius 3 is 1.60 bits per heavy atom. The molecular weight excluding hydrogens is 312 g/mol. The molecule has 1 atom stereocenters. The van der Waals surface area contributed by atoms with Crippen LogP contribution in [0, 0.1) is 0 Å². The number of hydrogen-bond acceptors (Lipinski definition) is 3. The summed E-state index contributed by atoms with van der Waals surface area (Å²) in [5.74, 6) is 0. The summed E-state index contributed by atoms with van der Waals surface area (Å²) in [5.41, 5.74) is 1.33. The van der Waals surface area contributed by atoms with Crippen molar-refractivity contribution >= 4 is 0 Å². The van der Waals surface area contributed by atoms with E-state index in [1.165, 1.54) is 0 Å². The molecule has 0 heterocycles. The summed E-state index contributed by atoms with van der Waals surface area (Å²) in [6, 6.07) is 28.8. The first-order valence-corrected chi connectivity index (χ1v) is 8.38. The van der Waals surface area contributed by atoms with Crippen LogP contribution in [-0.2, 0) is 10.3 Å². The van der Waals surface area contributed by atoms with Gasteiger partial charge in [-0.15, -0.1) is 0 Å². The molecule has 2 N–H and O–H groups in total. The predicted octanol–water partition coefficient (Wildman–Crippen LogP) is 3.67. The number of ether oxygens (including phenoxy) is 1. The van der Waals surface area contributed by atoms with Gasteiger partial charge in [-0.3, -0.25) is 0 Å². The van der Waals surface area contributed by atoms with Crippen molar-refractivity contribution in [3.05, 3.63) is 108 Å². The van der Waals surface area contributed by atoms with E-state index in [0.717, 1.165) is 16.7 Å². The molecule has 128 valence electrons. The van der Waals surface area contributed by atoms with E-state index in [9.17, 15) is 10.2 Å². The van der Waals surface area contributed by atoms with Crippen LogP contribution in [0.3, 0.4) is 0 Å². The summed E-state index contributed by atoms with van der Waals surface area (Å²) in [5, 5.41) is 20.7. The van der Waals surface area contributed by atoms with E-state index in [1.54, 1.807) is 0 Å². The zero-order valence-electron chi connectivity index (χ0n) is 14.0. The molecule has 3 nitrogen and oxygen atoms in total. The second-order valence-electron chi connectivity index (χ2n) is 5.85. The van der Waals surface area contributed by atoms with Crippen molar-refractivity contribution in [2.24, 2.45) is 0 Å². The summed E-state index contributed by atoms with van der Waals surface area (Å²) in [6.07, 6.45) is -0.926. The van der Waals surface area contributed by atoms with Crippen LogP contribution in [0.1, 0.15) is 22.8 Å². The van der Waals surface area contributed by atoms with Gasteiger partial charge in [-0.25, -0.2) is 0 Å². The molecule has 0 amide bonds. The third-order valence-corrected chi connectivity index (χ3v) is 4.33. The van der Waals surface area contributed by atoms with Gasteiger partial charge in [0, 0.05) is 0 Å². The van der Waals surface area contributed by atoms with Gasteiger partial charge in [-0.2, -0.15) is 0 Å². The molecule has 3 aromatic rings. The van der Waals surface area contributed by atoms with Gasteiger partial charge in [0.2, 0.25) is 0 Å². The highest BCUT2D eigenvalue weighted by atomic mass is 16.5. The second-order valence-corrected chi connectivity index (χ2v) is 5.85. The molecule has 0 aliphatic rings. The molecular formula is C22H22O3. The Hall–Kier alpha value is -2.46. The Bertz CT molecular complexity index is 718. The van der Waals surface area contributed by atoms with Gasteiger partial charge in [-0.05, 0) is 16.7 Å². The summed E-state index contributed by atoms with van der Waals surface area (Å²) < 4.78 is 6.17. The fourth-order valence-electron chi connectivity index (χ4n) is 3.18. The number of rotatable bonds is 7. The molecule has 3 rings (SSSR count). The van der Waals surface area contributed by atoms with Crippen LogP contribution in [0.2, 0.25) is 0 Å². The van der Waals surface area contributed by atoms with E-state index in [2.05, 4.69) is 0 Å². The molecule has 25 heavy (non-hydrogen) atoms. The van der Waals surface area contributed by atoms with Gasteiger partial charge in [0.15, 0.2) is 0 Å². The van der Waals surface area contributed by atoms with Gasteiger partial charge in [-0.1, -0.05) is 91.0 Å². The van der Waals surface area contributed by atoms with Crippen LogP contribution in [-0.4, -0.2) is 23.4 Å². The average Bonchev–Trinajstić information content (AvgIpc) is 2.71. The Morgan fingerprint density at radius 2 is 1.16 bits per heavy atom. The van der Waals surface area contributed by atoms with E-state index in [4.69, 9.17) is 4.74 Å². The van der Waals surface area contributed by atoms with Crippen molar-refractivity contribution in [2.45, 2.75) is 11.7 Å². The minimum atomic E-state index is -1.10. The highest BCUT2D eigenvalue weighted by Gasteiger charge is 2.43. The molecule has 0 aliphatic heterocycles. The molecule has 0 aliphatic carbocycles. The monoisotopic (exact) mass is 334 g/mol. The highest BCUT2D eigenvalue weighted by Crippen LogP contribution is 2.44. The second kappa shape index (κ2) is 8.08. The van der Waals surface area contributed by atoms with E-state index in [0.29, 0.717) is 0 Å². The lowest BCUT2D eigenvalue weighted by Crippen LogP contribution is -2.39. The summed E-state index contributed by atoms with van der Waals surface area (Å²) >= 11 is 0. The summed E-state index contributed by atoms with van der Waals surface area (Å²) in [7, 11) is 0. The standard InChI is InChI=1S/C22H22O3/c23-16-17-25-22(19-12-6-2-7-13-19,20-14-8-3-9-15-20)21(24)18-10-4-1-5-11-18/h1-15,21,23-24H,16-17H2/t21-/m0/s1. The quantitative estimate of drug-likeness (QED) is 0.693. The van der Waals surface area contributed by atoms with Gasteiger partial charge >= 0.3 is 0 Å². The first kappa shape index (κ1) is 17.4. The minimum Gasteiger partial charge on any atom is -0.394 e. The van der Waals surface area contributed by atoms with Crippen molar-refractivity contribution < 1.29 is 14.9 Å². The smallest absolute Gasteiger partial charge is 0.148 e. The van der Waals surface area contributed by atoms with Gasteiger partial charge in [0.1, 0.15) is 11.7 Å². The maximum absolute atomic E-state index is 11.4. The van der Waals surface area contributed by atoms with Crippen molar-refractivity contribution in [2.75, 3.05) is 13.2 Å². The third-order valence-electron chi connectivity index (χ3n) is 4.33. The van der Waals surface area contributed by atoms with E-state index >= 15 is 0 Å². The zero-order valence-corrected chi connectivity index (χ0v) is 14.0. The zero-order chi connectivity index (χ0) is 17.5. The fraction of sp³-hybridized carbons (Fsp3) is 0.182. The summed E-state index contributed by atoms with van der Waals surface area (Å²) in [6.45, 7) is -0.00336. The molecule has 0 radical (unpaired) electrons. The Labute approximate surface area is 148 Å². The topological polar surface area (TPSA) is 49.7 Å². The normalized spacial score (nSPS) is 12.7. The minimum absolute atomic E-state index is 0.119. The average molecular weight is 334 g/mol. The number of hydrogen-bond donors (Lipinski definition) is 2. The lowest BCUT2D eigenvalue weighted by molar-refractivity contribution is -0.112. The molecule has 3 heteroatoms. The van der Waals surface area contributed by atoms with Crippen LogP contribution in [0.25, 0.3) is 0 Å². The van der Waals surface area contributed by atoms with Crippen molar-refractivity contribution in [3.8, 4) is 0 Å². The van der Waals surface area contributed by atoms with Crippen LogP contribution >= 0.6 is 0 Å². The fourth-order valence-corrected chi connectivity index (χ4v) is 3.18. The maximum Gasteiger partial charge on any atom is 0.148 e. The van der Waals surface area contributed by atoms with Crippen molar-refractivity contribution in [1.29, 1.82) is 0 Å². The molecule has 0 bridgehead atoms. The van der Waals surface area contributed by atoms with Crippen LogP contribution in [0.5, 0.6) is 0 Å². The third kappa shape index (κ3) is 3.49. The molecule has 3 aromatic carbocycles. The number of benzene rings is 3. The molecule has 0 saturated carbocycles. The van der Waals surface area contributed by atoms with E-state index < -0.39 is 11.7 Å².